The van der Waals surface area contributed by atoms with E-state index in [1.807, 2.05) is 6.92 Å². The Bertz CT molecular complexity index is 518. The topological polar surface area (TPSA) is 108 Å². The number of sulfonamides is 1. The zero-order chi connectivity index (χ0) is 14.4. The molecular weight excluding hydrogens is 268 g/mol. The van der Waals surface area contributed by atoms with Gasteiger partial charge in [-0.2, -0.15) is 4.31 Å². The molecule has 0 aliphatic carbocycles. The highest BCUT2D eigenvalue weighted by molar-refractivity contribution is 7.88. The first-order chi connectivity index (χ1) is 8.74. The molecule has 2 atom stereocenters. The fourth-order valence-corrected chi connectivity index (χ4v) is 4.52. The summed E-state index contributed by atoms with van der Waals surface area (Å²) in [7, 11) is -3.33. The van der Waals surface area contributed by atoms with Crippen molar-refractivity contribution >= 4 is 21.8 Å². The number of nitrogens with one attached hydrogen (secondary N) is 1. The Morgan fingerprint density at radius 1 is 1.58 bits per heavy atom. The van der Waals surface area contributed by atoms with Gasteiger partial charge in [-0.05, 0) is 19.3 Å². The molecule has 0 aromatic carbocycles. The average Bonchev–Trinajstić information content (AvgIpc) is 2.74. The summed E-state index contributed by atoms with van der Waals surface area (Å²) < 4.78 is 25.0. The number of likely N-dealkylation sites (tertiary alicyclic amines) is 1. The zero-order valence-electron chi connectivity index (χ0n) is 11.2. The number of carbonyl (C=O) groups is 1. The van der Waals surface area contributed by atoms with E-state index in [1.165, 1.54) is 10.6 Å². The van der Waals surface area contributed by atoms with Gasteiger partial charge in [-0.1, -0.05) is 6.92 Å². The molecule has 1 unspecified atom stereocenters. The number of hydrogen-bond donors (Lipinski definition) is 2. The molecule has 1 spiro atoms. The van der Waals surface area contributed by atoms with Crippen molar-refractivity contribution in [2.75, 3.05) is 19.3 Å². The van der Waals surface area contributed by atoms with Crippen molar-refractivity contribution in [2.45, 2.75) is 37.8 Å². The molecule has 2 saturated heterocycles. The number of hydrogen-bond acceptors (Lipinski definition) is 4. The molecule has 7 nitrogen and oxygen atoms in total. The fraction of sp³-hybridized carbons (Fsp3) is 0.818. The molecule has 0 aromatic heterocycles. The largest absolute Gasteiger partial charge is 0.368 e. The molecule has 0 bridgehead atoms. The van der Waals surface area contributed by atoms with E-state index in [-0.39, 0.29) is 5.84 Å². The van der Waals surface area contributed by atoms with Crippen molar-refractivity contribution < 1.29 is 13.2 Å². The number of nitrogens with two attached hydrogens (primary N) is 1. The lowest BCUT2D eigenvalue weighted by Crippen LogP contribution is -2.75. The van der Waals surface area contributed by atoms with Crippen molar-refractivity contribution in [3.63, 3.8) is 0 Å². The minimum atomic E-state index is -3.33. The standard InChI is InChI=1S/C11H20N4O3S/c1-3-8(9(12)16)14-7-11(10(14)13)5-4-6-15(11)19(2,17)18/h8,13H,3-7H2,1-2H3,(H2,12,16)/t8-,11?/m0/s1. The highest BCUT2D eigenvalue weighted by Gasteiger charge is 2.59. The SMILES string of the molecule is CC[C@@H](C(N)=O)N1CC2(CCCN2S(C)(=O)=O)C1=N. The molecule has 3 N–H and O–H groups in total. The first kappa shape index (κ1) is 14.3. The summed E-state index contributed by atoms with van der Waals surface area (Å²) >= 11 is 0. The summed E-state index contributed by atoms with van der Waals surface area (Å²) in [5.74, 6) is -0.257. The second-order valence-corrected chi connectivity index (χ2v) is 7.18. The predicted octanol–water partition coefficient (Wildman–Crippen LogP) is -0.663. The zero-order valence-corrected chi connectivity index (χ0v) is 12.0. The molecule has 8 heteroatoms. The van der Waals surface area contributed by atoms with Crippen LogP contribution in [0.5, 0.6) is 0 Å². The molecule has 2 heterocycles. The maximum Gasteiger partial charge on any atom is 0.240 e. The minimum Gasteiger partial charge on any atom is -0.368 e. The molecule has 108 valence electrons. The van der Waals surface area contributed by atoms with Crippen molar-refractivity contribution in [3.05, 3.63) is 0 Å². The van der Waals surface area contributed by atoms with Crippen LogP contribution in [0.4, 0.5) is 0 Å². The molecule has 2 aliphatic rings. The first-order valence-electron chi connectivity index (χ1n) is 6.37. The van der Waals surface area contributed by atoms with Crippen LogP contribution < -0.4 is 5.73 Å². The van der Waals surface area contributed by atoms with Crippen LogP contribution >= 0.6 is 0 Å². The monoisotopic (exact) mass is 288 g/mol. The van der Waals surface area contributed by atoms with Gasteiger partial charge in [-0.15, -0.1) is 0 Å². The van der Waals surface area contributed by atoms with Crippen molar-refractivity contribution in [1.82, 2.24) is 9.21 Å². The maximum atomic E-state index is 11.8. The second-order valence-electron chi connectivity index (χ2n) is 5.27. The van der Waals surface area contributed by atoms with Crippen LogP contribution in [0.1, 0.15) is 26.2 Å². The Morgan fingerprint density at radius 3 is 2.63 bits per heavy atom. The van der Waals surface area contributed by atoms with Crippen LogP contribution in [0.2, 0.25) is 0 Å². The van der Waals surface area contributed by atoms with Gasteiger partial charge in [0, 0.05) is 13.1 Å². The average molecular weight is 288 g/mol. The maximum absolute atomic E-state index is 11.8. The van der Waals surface area contributed by atoms with Crippen LogP contribution in [-0.4, -0.2) is 60.3 Å². The van der Waals surface area contributed by atoms with Gasteiger partial charge in [0.2, 0.25) is 15.9 Å². The van der Waals surface area contributed by atoms with Gasteiger partial charge >= 0.3 is 0 Å². The van der Waals surface area contributed by atoms with E-state index >= 15 is 0 Å². The van der Waals surface area contributed by atoms with Crippen molar-refractivity contribution in [3.8, 4) is 0 Å². The van der Waals surface area contributed by atoms with E-state index in [1.54, 1.807) is 4.90 Å². The first-order valence-corrected chi connectivity index (χ1v) is 8.21. The highest BCUT2D eigenvalue weighted by atomic mass is 32.2. The number of primary amides is 1. The third-order valence-corrected chi connectivity index (χ3v) is 5.41. The summed E-state index contributed by atoms with van der Waals surface area (Å²) in [6, 6.07) is -0.514. The Labute approximate surface area is 113 Å². The Balaban J connectivity index is 2.23. The number of rotatable bonds is 4. The third-order valence-electron chi connectivity index (χ3n) is 4.08. The molecule has 0 radical (unpaired) electrons. The van der Waals surface area contributed by atoms with Crippen LogP contribution in [-0.2, 0) is 14.8 Å². The molecule has 1 amide bonds. The van der Waals surface area contributed by atoms with Crippen LogP contribution in [0.15, 0.2) is 0 Å². The van der Waals surface area contributed by atoms with Gasteiger partial charge in [0.05, 0.1) is 6.26 Å². The lowest BCUT2D eigenvalue weighted by molar-refractivity contribution is -0.123. The molecule has 0 saturated carbocycles. The quantitative estimate of drug-likeness (QED) is 0.715. The molecule has 19 heavy (non-hydrogen) atoms. The Morgan fingerprint density at radius 2 is 2.21 bits per heavy atom. The van der Waals surface area contributed by atoms with E-state index < -0.39 is 27.5 Å². The van der Waals surface area contributed by atoms with Crippen LogP contribution in [0.25, 0.3) is 0 Å². The summed E-state index contributed by atoms with van der Waals surface area (Å²) in [5, 5.41) is 8.18. The van der Waals surface area contributed by atoms with Gasteiger partial charge in [0.25, 0.3) is 0 Å². The van der Waals surface area contributed by atoms with Crippen molar-refractivity contribution in [2.24, 2.45) is 5.73 Å². The number of nitrogens with zero attached hydrogens (tertiary/aromatic N) is 2. The van der Waals surface area contributed by atoms with Gasteiger partial charge in [0.1, 0.15) is 17.4 Å². The molecular formula is C11H20N4O3S. The number of amides is 1. The molecule has 2 fully saturated rings. The van der Waals surface area contributed by atoms with E-state index in [0.29, 0.717) is 25.9 Å². The molecule has 2 aliphatic heterocycles. The minimum absolute atomic E-state index is 0.209. The normalized spacial score (nSPS) is 29.6. The highest BCUT2D eigenvalue weighted by Crippen LogP contribution is 2.41. The third kappa shape index (κ3) is 2.02. The van der Waals surface area contributed by atoms with E-state index in [2.05, 4.69) is 0 Å². The summed E-state index contributed by atoms with van der Waals surface area (Å²) in [4.78, 5) is 13.0. The molecule has 2 rings (SSSR count). The van der Waals surface area contributed by atoms with E-state index in [9.17, 15) is 13.2 Å². The second kappa shape index (κ2) is 4.45. The number of amidine groups is 1. The summed E-state index contributed by atoms with van der Waals surface area (Å²) in [5.41, 5.74) is 4.58. The lowest BCUT2D eigenvalue weighted by atomic mass is 9.84. The van der Waals surface area contributed by atoms with E-state index in [4.69, 9.17) is 11.1 Å². The predicted molar refractivity (Wildman–Crippen MR) is 71.2 cm³/mol. The Kier molecular flexibility index (Phi) is 3.34. The fourth-order valence-electron chi connectivity index (χ4n) is 3.18. The summed E-state index contributed by atoms with van der Waals surface area (Å²) in [6.45, 7) is 2.67. The van der Waals surface area contributed by atoms with Crippen LogP contribution in [0.3, 0.4) is 0 Å². The smallest absolute Gasteiger partial charge is 0.240 e. The van der Waals surface area contributed by atoms with Crippen molar-refractivity contribution in [1.29, 1.82) is 5.41 Å². The summed E-state index contributed by atoms with van der Waals surface area (Å²) in [6.07, 6.45) is 3.08. The van der Waals surface area contributed by atoms with Gasteiger partial charge < -0.3 is 10.6 Å². The van der Waals surface area contributed by atoms with E-state index in [0.717, 1.165) is 6.42 Å². The van der Waals surface area contributed by atoms with Gasteiger partial charge in [-0.3, -0.25) is 10.2 Å². The van der Waals surface area contributed by atoms with Gasteiger partial charge in [-0.25, -0.2) is 8.42 Å². The van der Waals surface area contributed by atoms with Crippen LogP contribution in [0, 0.1) is 5.41 Å². The lowest BCUT2D eigenvalue weighted by Gasteiger charge is -2.54. The Hall–Kier alpha value is -1.15. The molecule has 0 aromatic rings. The number of carbonyl (C=O) groups excluding carboxylic acids is 1. The van der Waals surface area contributed by atoms with Gasteiger partial charge in [0.15, 0.2) is 0 Å².